The first-order valence-corrected chi connectivity index (χ1v) is 5.83. The van der Waals surface area contributed by atoms with Gasteiger partial charge in [0.05, 0.1) is 0 Å². The van der Waals surface area contributed by atoms with E-state index in [0.717, 1.165) is 31.7 Å². The first kappa shape index (κ1) is 12.0. The van der Waals surface area contributed by atoms with Crippen LogP contribution in [0, 0.1) is 0 Å². The van der Waals surface area contributed by atoms with E-state index >= 15 is 0 Å². The summed E-state index contributed by atoms with van der Waals surface area (Å²) in [5, 5.41) is 0. The van der Waals surface area contributed by atoms with E-state index < -0.39 is 0 Å². The minimum Gasteiger partial charge on any atom is -0.335 e. The van der Waals surface area contributed by atoms with E-state index in [1.54, 1.807) is 12.3 Å². The number of likely N-dealkylation sites (N-methyl/N-ethyl adjacent to an activating group) is 1. The number of rotatable bonds is 2. The van der Waals surface area contributed by atoms with Crippen molar-refractivity contribution in [2.24, 2.45) is 5.73 Å². The molecule has 5 nitrogen and oxygen atoms in total. The van der Waals surface area contributed by atoms with Gasteiger partial charge < -0.3 is 15.5 Å². The lowest BCUT2D eigenvalue weighted by atomic mass is 10.2. The van der Waals surface area contributed by atoms with Crippen molar-refractivity contribution in [3.05, 3.63) is 29.6 Å². The smallest absolute Gasteiger partial charge is 0.272 e. The van der Waals surface area contributed by atoms with Gasteiger partial charge in [-0.3, -0.25) is 9.78 Å². The van der Waals surface area contributed by atoms with Crippen molar-refractivity contribution in [3.63, 3.8) is 0 Å². The SMILES string of the molecule is CN1CCN(C(=O)c2cc(CN)ccn2)CC1. The summed E-state index contributed by atoms with van der Waals surface area (Å²) in [6, 6.07) is 3.61. The molecular weight excluding hydrogens is 216 g/mol. The predicted molar refractivity (Wildman–Crippen MR) is 65.5 cm³/mol. The van der Waals surface area contributed by atoms with Crippen molar-refractivity contribution in [2.75, 3.05) is 33.2 Å². The Hall–Kier alpha value is -1.46. The van der Waals surface area contributed by atoms with Gasteiger partial charge >= 0.3 is 0 Å². The number of nitrogens with zero attached hydrogens (tertiary/aromatic N) is 3. The average Bonchev–Trinajstić information content (AvgIpc) is 2.39. The van der Waals surface area contributed by atoms with Crippen LogP contribution in [0.1, 0.15) is 16.1 Å². The normalized spacial score (nSPS) is 17.2. The lowest BCUT2D eigenvalue weighted by Crippen LogP contribution is -2.47. The molecule has 0 spiro atoms. The van der Waals surface area contributed by atoms with Crippen molar-refractivity contribution in [1.82, 2.24) is 14.8 Å². The first-order valence-electron chi connectivity index (χ1n) is 5.83. The topological polar surface area (TPSA) is 62.5 Å². The third-order valence-electron chi connectivity index (χ3n) is 3.07. The van der Waals surface area contributed by atoms with Crippen molar-refractivity contribution in [1.29, 1.82) is 0 Å². The van der Waals surface area contributed by atoms with E-state index in [2.05, 4.69) is 16.9 Å². The minimum absolute atomic E-state index is 0.00778. The number of piperazine rings is 1. The highest BCUT2D eigenvalue weighted by atomic mass is 16.2. The number of hydrogen-bond acceptors (Lipinski definition) is 4. The number of aromatic nitrogens is 1. The molecule has 0 bridgehead atoms. The van der Waals surface area contributed by atoms with Crippen LogP contribution in [-0.4, -0.2) is 53.9 Å². The molecule has 5 heteroatoms. The largest absolute Gasteiger partial charge is 0.335 e. The van der Waals surface area contributed by atoms with Crippen LogP contribution in [-0.2, 0) is 6.54 Å². The Kier molecular flexibility index (Phi) is 3.71. The summed E-state index contributed by atoms with van der Waals surface area (Å²) in [6.07, 6.45) is 1.64. The summed E-state index contributed by atoms with van der Waals surface area (Å²) in [7, 11) is 2.06. The quantitative estimate of drug-likeness (QED) is 0.778. The average molecular weight is 234 g/mol. The van der Waals surface area contributed by atoms with Crippen molar-refractivity contribution in [2.45, 2.75) is 6.54 Å². The van der Waals surface area contributed by atoms with Crippen LogP contribution in [0.2, 0.25) is 0 Å². The Morgan fingerprint density at radius 1 is 1.41 bits per heavy atom. The molecule has 1 aliphatic heterocycles. The van der Waals surface area contributed by atoms with E-state index in [4.69, 9.17) is 5.73 Å². The summed E-state index contributed by atoms with van der Waals surface area (Å²) in [5.74, 6) is 0.00778. The zero-order chi connectivity index (χ0) is 12.3. The van der Waals surface area contributed by atoms with E-state index in [1.807, 2.05) is 11.0 Å². The molecule has 0 unspecified atom stereocenters. The van der Waals surface area contributed by atoms with Crippen molar-refractivity contribution in [3.8, 4) is 0 Å². The summed E-state index contributed by atoms with van der Waals surface area (Å²) in [6.45, 7) is 3.81. The molecule has 1 aromatic heterocycles. The fraction of sp³-hybridized carbons (Fsp3) is 0.500. The molecule has 1 aromatic rings. The predicted octanol–water partition coefficient (Wildman–Crippen LogP) is -0.0721. The lowest BCUT2D eigenvalue weighted by molar-refractivity contribution is 0.0658. The van der Waals surface area contributed by atoms with Crippen LogP contribution in [0.15, 0.2) is 18.3 Å². The van der Waals surface area contributed by atoms with Crippen LogP contribution in [0.5, 0.6) is 0 Å². The number of carbonyl (C=O) groups is 1. The molecule has 0 aliphatic carbocycles. The van der Waals surface area contributed by atoms with Gasteiger partial charge in [0.2, 0.25) is 0 Å². The first-order chi connectivity index (χ1) is 8.20. The van der Waals surface area contributed by atoms with E-state index in [1.165, 1.54) is 0 Å². The van der Waals surface area contributed by atoms with Gasteiger partial charge in [0.1, 0.15) is 5.69 Å². The van der Waals surface area contributed by atoms with Gasteiger partial charge in [-0.1, -0.05) is 0 Å². The fourth-order valence-corrected chi connectivity index (χ4v) is 1.89. The second-order valence-electron chi connectivity index (χ2n) is 4.35. The molecular formula is C12H18N4O. The summed E-state index contributed by atoms with van der Waals surface area (Å²) >= 11 is 0. The monoisotopic (exact) mass is 234 g/mol. The Morgan fingerprint density at radius 3 is 2.76 bits per heavy atom. The maximum atomic E-state index is 12.2. The summed E-state index contributed by atoms with van der Waals surface area (Å²) in [4.78, 5) is 20.4. The fourth-order valence-electron chi connectivity index (χ4n) is 1.89. The molecule has 2 rings (SSSR count). The van der Waals surface area contributed by atoms with Gasteiger partial charge in [-0.2, -0.15) is 0 Å². The van der Waals surface area contributed by atoms with E-state index in [9.17, 15) is 4.79 Å². The highest BCUT2D eigenvalue weighted by Gasteiger charge is 2.21. The molecule has 0 radical (unpaired) electrons. The molecule has 1 aliphatic rings. The van der Waals surface area contributed by atoms with Crippen LogP contribution in [0.4, 0.5) is 0 Å². The molecule has 2 N–H and O–H groups in total. The third-order valence-corrected chi connectivity index (χ3v) is 3.07. The minimum atomic E-state index is 0.00778. The second-order valence-corrected chi connectivity index (χ2v) is 4.35. The maximum absolute atomic E-state index is 12.2. The maximum Gasteiger partial charge on any atom is 0.272 e. The zero-order valence-corrected chi connectivity index (χ0v) is 10.1. The Labute approximate surface area is 101 Å². The van der Waals surface area contributed by atoms with Gasteiger partial charge in [0, 0.05) is 38.9 Å². The van der Waals surface area contributed by atoms with Gasteiger partial charge in [-0.05, 0) is 24.7 Å². The molecule has 92 valence electrons. The molecule has 17 heavy (non-hydrogen) atoms. The lowest BCUT2D eigenvalue weighted by Gasteiger charge is -2.32. The van der Waals surface area contributed by atoms with Crippen LogP contribution < -0.4 is 5.73 Å². The standard InChI is InChI=1S/C12H18N4O/c1-15-4-6-16(7-5-15)12(17)11-8-10(9-13)2-3-14-11/h2-3,8H,4-7,9,13H2,1H3. The Morgan fingerprint density at radius 2 is 2.12 bits per heavy atom. The van der Waals surface area contributed by atoms with E-state index in [-0.39, 0.29) is 5.91 Å². The van der Waals surface area contributed by atoms with Crippen LogP contribution in [0.25, 0.3) is 0 Å². The number of nitrogens with two attached hydrogens (primary N) is 1. The molecule has 0 atom stereocenters. The second kappa shape index (κ2) is 5.25. The van der Waals surface area contributed by atoms with Crippen molar-refractivity contribution >= 4 is 5.91 Å². The van der Waals surface area contributed by atoms with Gasteiger partial charge in [0.25, 0.3) is 5.91 Å². The Balaban J connectivity index is 2.08. The van der Waals surface area contributed by atoms with Crippen LogP contribution in [0.3, 0.4) is 0 Å². The molecule has 2 heterocycles. The number of hydrogen-bond donors (Lipinski definition) is 1. The van der Waals surface area contributed by atoms with E-state index in [0.29, 0.717) is 12.2 Å². The highest BCUT2D eigenvalue weighted by molar-refractivity contribution is 5.92. The van der Waals surface area contributed by atoms with Gasteiger partial charge in [-0.25, -0.2) is 0 Å². The molecule has 0 saturated carbocycles. The van der Waals surface area contributed by atoms with Gasteiger partial charge in [-0.15, -0.1) is 0 Å². The number of pyridine rings is 1. The molecule has 1 fully saturated rings. The molecule has 0 aromatic carbocycles. The number of amides is 1. The number of carbonyl (C=O) groups excluding carboxylic acids is 1. The highest BCUT2D eigenvalue weighted by Crippen LogP contribution is 2.07. The van der Waals surface area contributed by atoms with Gasteiger partial charge in [0.15, 0.2) is 0 Å². The molecule has 1 amide bonds. The van der Waals surface area contributed by atoms with Crippen molar-refractivity contribution < 1.29 is 4.79 Å². The third kappa shape index (κ3) is 2.81. The molecule has 1 saturated heterocycles. The Bertz CT molecular complexity index is 399. The summed E-state index contributed by atoms with van der Waals surface area (Å²) in [5.41, 5.74) is 7.00. The summed E-state index contributed by atoms with van der Waals surface area (Å²) < 4.78 is 0. The van der Waals surface area contributed by atoms with Crippen LogP contribution >= 0.6 is 0 Å². The zero-order valence-electron chi connectivity index (χ0n) is 10.1.